The number of anilines is 1. The van der Waals surface area contributed by atoms with Crippen molar-refractivity contribution in [3.63, 3.8) is 0 Å². The Balaban J connectivity index is 1.85. The van der Waals surface area contributed by atoms with Gasteiger partial charge in [-0.3, -0.25) is 0 Å². The number of ether oxygens (including phenoxy) is 1. The van der Waals surface area contributed by atoms with E-state index in [9.17, 15) is 13.9 Å². The summed E-state index contributed by atoms with van der Waals surface area (Å²) in [5.74, 6) is -0.827. The molecule has 1 fully saturated rings. The highest BCUT2D eigenvalue weighted by molar-refractivity contribution is 6.12. The lowest BCUT2D eigenvalue weighted by Crippen LogP contribution is -1.97. The summed E-state index contributed by atoms with van der Waals surface area (Å²) in [6.45, 7) is 0. The fourth-order valence-electron chi connectivity index (χ4n) is 3.71. The number of aromatic hydroxyl groups is 1. The van der Waals surface area contributed by atoms with E-state index in [1.807, 2.05) is 0 Å². The first-order chi connectivity index (χ1) is 13.5. The predicted octanol–water partition coefficient (Wildman–Crippen LogP) is 4.77. The minimum atomic E-state index is -0.621. The molecule has 142 valence electrons. The fourth-order valence-corrected chi connectivity index (χ4v) is 3.71. The molecule has 2 aromatic heterocycles. The molecule has 0 unspecified atom stereocenters. The summed E-state index contributed by atoms with van der Waals surface area (Å²) in [5.41, 5.74) is 7.43. The van der Waals surface area contributed by atoms with E-state index < -0.39 is 11.6 Å². The van der Waals surface area contributed by atoms with Gasteiger partial charge < -0.3 is 20.1 Å². The second-order valence-electron chi connectivity index (χ2n) is 7.04. The van der Waals surface area contributed by atoms with Gasteiger partial charge in [-0.2, -0.15) is 0 Å². The molecule has 5 rings (SSSR count). The van der Waals surface area contributed by atoms with E-state index in [1.165, 1.54) is 31.4 Å². The number of fused-ring (bicyclic) bond motifs is 2. The van der Waals surface area contributed by atoms with Gasteiger partial charge in [0.15, 0.2) is 0 Å². The van der Waals surface area contributed by atoms with Crippen LogP contribution in [0.15, 0.2) is 36.5 Å². The molecular formula is C21H17F2N3O2. The van der Waals surface area contributed by atoms with E-state index in [4.69, 9.17) is 10.5 Å². The Morgan fingerprint density at radius 3 is 2.64 bits per heavy atom. The number of methoxy groups -OCH3 is 1. The Labute approximate surface area is 159 Å². The lowest BCUT2D eigenvalue weighted by atomic mass is 9.99. The van der Waals surface area contributed by atoms with Gasteiger partial charge in [0, 0.05) is 34.8 Å². The Bertz CT molecular complexity index is 1260. The predicted molar refractivity (Wildman–Crippen MR) is 103 cm³/mol. The van der Waals surface area contributed by atoms with Crippen LogP contribution in [-0.2, 0) is 0 Å². The molecule has 5 nitrogen and oxygen atoms in total. The zero-order valence-electron chi connectivity index (χ0n) is 15.0. The molecule has 0 aliphatic heterocycles. The summed E-state index contributed by atoms with van der Waals surface area (Å²) in [6, 6.07) is 7.19. The van der Waals surface area contributed by atoms with E-state index >= 15 is 0 Å². The minimum Gasteiger partial charge on any atom is -0.497 e. The molecule has 7 heteroatoms. The van der Waals surface area contributed by atoms with Gasteiger partial charge in [0.05, 0.1) is 29.2 Å². The van der Waals surface area contributed by atoms with Gasteiger partial charge in [-0.25, -0.2) is 13.8 Å². The number of nitrogen functional groups attached to an aromatic ring is 1. The van der Waals surface area contributed by atoms with Crippen LogP contribution in [0.3, 0.4) is 0 Å². The third-order valence-corrected chi connectivity index (χ3v) is 5.29. The second kappa shape index (κ2) is 5.82. The van der Waals surface area contributed by atoms with E-state index in [1.54, 1.807) is 16.8 Å². The normalized spacial score (nSPS) is 14.1. The van der Waals surface area contributed by atoms with Gasteiger partial charge in [0.25, 0.3) is 0 Å². The van der Waals surface area contributed by atoms with Crippen LogP contribution in [0, 0.1) is 11.6 Å². The highest BCUT2D eigenvalue weighted by Gasteiger charge is 2.28. The molecule has 0 saturated heterocycles. The number of nitrogens with zero attached hydrogens (tertiary/aromatic N) is 2. The summed E-state index contributed by atoms with van der Waals surface area (Å²) < 4.78 is 36.2. The third kappa shape index (κ3) is 2.32. The van der Waals surface area contributed by atoms with Crippen molar-refractivity contribution in [2.24, 2.45) is 0 Å². The van der Waals surface area contributed by atoms with Crippen LogP contribution in [0.1, 0.15) is 18.9 Å². The van der Waals surface area contributed by atoms with E-state index in [0.29, 0.717) is 27.7 Å². The monoisotopic (exact) mass is 381 g/mol. The van der Waals surface area contributed by atoms with Crippen LogP contribution < -0.4 is 10.5 Å². The Kier molecular flexibility index (Phi) is 3.49. The van der Waals surface area contributed by atoms with Crippen LogP contribution in [0.4, 0.5) is 14.5 Å². The number of rotatable bonds is 3. The first kappa shape index (κ1) is 16.8. The Hall–Kier alpha value is -3.35. The van der Waals surface area contributed by atoms with E-state index in [-0.39, 0.29) is 28.6 Å². The lowest BCUT2D eigenvalue weighted by Gasteiger charge is -2.12. The quantitative estimate of drug-likeness (QED) is 0.536. The molecule has 0 atom stereocenters. The maximum Gasteiger partial charge on any atom is 0.203 e. The summed E-state index contributed by atoms with van der Waals surface area (Å²) in [6.07, 6.45) is 3.67. The first-order valence-corrected chi connectivity index (χ1v) is 8.94. The molecule has 0 spiro atoms. The topological polar surface area (TPSA) is 73.3 Å². The minimum absolute atomic E-state index is 0.0323. The molecule has 3 N–H and O–H groups in total. The van der Waals surface area contributed by atoms with Crippen molar-refractivity contribution in [1.82, 2.24) is 9.55 Å². The standard InChI is InChI=1S/C21H17F2N3O2/c1-28-11-4-5-12(15(23)8-11)17-14(22)7-6-13-19(24)18-16(25-20(13)17)9-26(21(18)27)10-2-3-10/h4-10,27H,2-3,24H2,1H3. The maximum atomic E-state index is 14.8. The molecule has 2 aromatic carbocycles. The molecule has 0 radical (unpaired) electrons. The number of halogens is 2. The zero-order chi connectivity index (χ0) is 19.6. The number of benzene rings is 2. The van der Waals surface area contributed by atoms with E-state index in [0.717, 1.165) is 12.8 Å². The van der Waals surface area contributed by atoms with Crippen LogP contribution in [-0.4, -0.2) is 21.8 Å². The largest absolute Gasteiger partial charge is 0.497 e. The highest BCUT2D eigenvalue weighted by Crippen LogP contribution is 2.45. The SMILES string of the molecule is COc1ccc(-c2c(F)ccc3c(N)c4c(O)n(C5CC5)cc4nc23)c(F)c1. The molecule has 0 amide bonds. The van der Waals surface area contributed by atoms with Crippen molar-refractivity contribution in [3.8, 4) is 22.8 Å². The molecular weight excluding hydrogens is 364 g/mol. The molecule has 4 aromatic rings. The number of aromatic nitrogens is 2. The molecule has 28 heavy (non-hydrogen) atoms. The van der Waals surface area contributed by atoms with Gasteiger partial charge in [0.2, 0.25) is 5.88 Å². The molecule has 1 aliphatic rings. The van der Waals surface area contributed by atoms with Crippen molar-refractivity contribution in [1.29, 1.82) is 0 Å². The number of pyridine rings is 1. The average molecular weight is 381 g/mol. The summed E-state index contributed by atoms with van der Waals surface area (Å²) >= 11 is 0. The summed E-state index contributed by atoms with van der Waals surface area (Å²) in [4.78, 5) is 4.55. The van der Waals surface area contributed by atoms with Crippen LogP contribution in [0.2, 0.25) is 0 Å². The van der Waals surface area contributed by atoms with Crippen molar-refractivity contribution in [3.05, 3.63) is 48.2 Å². The number of hydrogen-bond acceptors (Lipinski definition) is 4. The Morgan fingerprint density at radius 1 is 1.18 bits per heavy atom. The Morgan fingerprint density at radius 2 is 1.96 bits per heavy atom. The number of nitrogens with two attached hydrogens (primary N) is 1. The second-order valence-corrected chi connectivity index (χ2v) is 7.04. The highest BCUT2D eigenvalue weighted by atomic mass is 19.1. The molecule has 0 bridgehead atoms. The van der Waals surface area contributed by atoms with Crippen molar-refractivity contribution < 1.29 is 18.6 Å². The zero-order valence-corrected chi connectivity index (χ0v) is 15.0. The van der Waals surface area contributed by atoms with Gasteiger partial charge in [-0.1, -0.05) is 0 Å². The van der Waals surface area contributed by atoms with Gasteiger partial charge in [-0.05, 0) is 37.1 Å². The first-order valence-electron chi connectivity index (χ1n) is 8.94. The maximum absolute atomic E-state index is 14.8. The molecule has 1 aliphatic carbocycles. The van der Waals surface area contributed by atoms with Crippen molar-refractivity contribution >= 4 is 27.5 Å². The van der Waals surface area contributed by atoms with Gasteiger partial charge >= 0.3 is 0 Å². The lowest BCUT2D eigenvalue weighted by molar-refractivity contribution is 0.411. The molecule has 1 saturated carbocycles. The van der Waals surface area contributed by atoms with Crippen molar-refractivity contribution in [2.75, 3.05) is 12.8 Å². The van der Waals surface area contributed by atoms with Gasteiger partial charge in [0.1, 0.15) is 17.4 Å². The van der Waals surface area contributed by atoms with Crippen LogP contribution in [0.5, 0.6) is 11.6 Å². The van der Waals surface area contributed by atoms with Crippen LogP contribution in [0.25, 0.3) is 32.9 Å². The fraction of sp³-hybridized carbons (Fsp3) is 0.190. The smallest absolute Gasteiger partial charge is 0.203 e. The van der Waals surface area contributed by atoms with Crippen LogP contribution >= 0.6 is 0 Å². The average Bonchev–Trinajstić information content (AvgIpc) is 3.46. The third-order valence-electron chi connectivity index (χ3n) is 5.29. The summed E-state index contributed by atoms with van der Waals surface area (Å²) in [7, 11) is 1.43. The number of hydrogen-bond donors (Lipinski definition) is 2. The van der Waals surface area contributed by atoms with Gasteiger partial charge in [-0.15, -0.1) is 0 Å². The molecule has 2 heterocycles. The van der Waals surface area contributed by atoms with E-state index in [2.05, 4.69) is 4.98 Å². The van der Waals surface area contributed by atoms with Crippen molar-refractivity contribution in [2.45, 2.75) is 18.9 Å². The summed E-state index contributed by atoms with van der Waals surface area (Å²) in [5, 5.41) is 11.5.